The Bertz CT molecular complexity index is 890. The van der Waals surface area contributed by atoms with Gasteiger partial charge in [0.15, 0.2) is 0 Å². The van der Waals surface area contributed by atoms with Crippen molar-refractivity contribution in [2.45, 2.75) is 57.5 Å². The Balaban J connectivity index is 1.30. The molecule has 3 amide bonds. The molecule has 5 rings (SSSR count). The number of piperidine rings is 1. The molecule has 30 heavy (non-hydrogen) atoms. The number of aliphatic hydroxyl groups excluding tert-OH is 1. The number of aliphatic hydroxyl groups is 1. The lowest BCUT2D eigenvalue weighted by molar-refractivity contribution is -0.136. The van der Waals surface area contributed by atoms with Gasteiger partial charge in [0.25, 0.3) is 5.91 Å². The SMILES string of the molecule is O=C1CCC(N2Cc3ccc(N4CCC5(CCC(CO)CC5)C4)cc3C2=O)C(=O)N1. The monoisotopic (exact) mass is 411 g/mol. The van der Waals surface area contributed by atoms with E-state index in [9.17, 15) is 19.5 Å². The Morgan fingerprint density at radius 3 is 2.63 bits per heavy atom. The van der Waals surface area contributed by atoms with E-state index in [-0.39, 0.29) is 24.1 Å². The molecule has 0 bridgehead atoms. The maximum atomic E-state index is 13.1. The topological polar surface area (TPSA) is 90.0 Å². The molecule has 3 heterocycles. The van der Waals surface area contributed by atoms with Gasteiger partial charge in [0.05, 0.1) is 0 Å². The van der Waals surface area contributed by atoms with E-state index in [0.29, 0.717) is 36.5 Å². The van der Waals surface area contributed by atoms with Crippen molar-refractivity contribution in [1.82, 2.24) is 10.2 Å². The molecule has 2 saturated heterocycles. The van der Waals surface area contributed by atoms with Gasteiger partial charge in [-0.2, -0.15) is 0 Å². The van der Waals surface area contributed by atoms with E-state index in [4.69, 9.17) is 0 Å². The summed E-state index contributed by atoms with van der Waals surface area (Å²) in [6, 6.07) is 5.53. The van der Waals surface area contributed by atoms with Crippen LogP contribution in [0.2, 0.25) is 0 Å². The summed E-state index contributed by atoms with van der Waals surface area (Å²) in [5, 5.41) is 11.8. The van der Waals surface area contributed by atoms with Crippen LogP contribution < -0.4 is 10.2 Å². The molecule has 1 atom stereocenters. The average Bonchev–Trinajstić information content (AvgIpc) is 3.30. The van der Waals surface area contributed by atoms with Gasteiger partial charge < -0.3 is 14.9 Å². The Morgan fingerprint density at radius 1 is 1.10 bits per heavy atom. The van der Waals surface area contributed by atoms with E-state index in [1.165, 1.54) is 19.3 Å². The predicted molar refractivity (Wildman–Crippen MR) is 111 cm³/mol. The number of carbonyl (C=O) groups excluding carboxylic acids is 3. The third kappa shape index (κ3) is 3.29. The zero-order valence-electron chi connectivity index (χ0n) is 17.2. The highest BCUT2D eigenvalue weighted by molar-refractivity contribution is 6.05. The van der Waals surface area contributed by atoms with E-state index in [1.807, 2.05) is 12.1 Å². The second kappa shape index (κ2) is 7.38. The summed E-state index contributed by atoms with van der Waals surface area (Å²) < 4.78 is 0. The summed E-state index contributed by atoms with van der Waals surface area (Å²) in [6.07, 6.45) is 6.37. The Labute approximate surface area is 176 Å². The van der Waals surface area contributed by atoms with Crippen molar-refractivity contribution in [3.8, 4) is 0 Å². The molecule has 160 valence electrons. The molecule has 7 nitrogen and oxygen atoms in total. The van der Waals surface area contributed by atoms with Crippen LogP contribution >= 0.6 is 0 Å². The Hall–Kier alpha value is -2.41. The van der Waals surface area contributed by atoms with Crippen molar-refractivity contribution in [1.29, 1.82) is 0 Å². The average molecular weight is 412 g/mol. The zero-order valence-corrected chi connectivity index (χ0v) is 17.2. The van der Waals surface area contributed by atoms with E-state index in [0.717, 1.165) is 37.2 Å². The van der Waals surface area contributed by atoms with Crippen LogP contribution in [0.4, 0.5) is 5.69 Å². The van der Waals surface area contributed by atoms with E-state index in [1.54, 1.807) is 4.90 Å². The maximum Gasteiger partial charge on any atom is 0.255 e. The molecule has 1 spiro atoms. The third-order valence-corrected chi connectivity index (χ3v) is 7.74. The van der Waals surface area contributed by atoms with Gasteiger partial charge in [-0.3, -0.25) is 19.7 Å². The van der Waals surface area contributed by atoms with Crippen LogP contribution in [0.1, 0.15) is 60.9 Å². The molecule has 1 aromatic rings. The van der Waals surface area contributed by atoms with Gasteiger partial charge in [0.1, 0.15) is 6.04 Å². The first-order valence-corrected chi connectivity index (χ1v) is 11.1. The smallest absolute Gasteiger partial charge is 0.255 e. The van der Waals surface area contributed by atoms with E-state index in [2.05, 4.69) is 16.3 Å². The minimum Gasteiger partial charge on any atom is -0.396 e. The zero-order chi connectivity index (χ0) is 20.9. The normalized spacial score (nSPS) is 31.4. The minimum absolute atomic E-state index is 0.112. The fourth-order valence-corrected chi connectivity index (χ4v) is 5.78. The molecule has 1 saturated carbocycles. The van der Waals surface area contributed by atoms with Crippen LogP contribution in [0.3, 0.4) is 0 Å². The van der Waals surface area contributed by atoms with Gasteiger partial charge in [-0.1, -0.05) is 6.07 Å². The van der Waals surface area contributed by atoms with Crippen molar-refractivity contribution in [2.75, 3.05) is 24.6 Å². The van der Waals surface area contributed by atoms with Gasteiger partial charge in [-0.25, -0.2) is 0 Å². The summed E-state index contributed by atoms with van der Waals surface area (Å²) in [4.78, 5) is 40.7. The highest BCUT2D eigenvalue weighted by Crippen LogP contribution is 2.46. The molecule has 2 N–H and O–H groups in total. The summed E-state index contributed by atoms with van der Waals surface area (Å²) in [5.74, 6) is -0.287. The number of nitrogens with one attached hydrogen (secondary N) is 1. The van der Waals surface area contributed by atoms with Crippen LogP contribution in [0.5, 0.6) is 0 Å². The number of hydrogen-bond donors (Lipinski definition) is 2. The highest BCUT2D eigenvalue weighted by Gasteiger charge is 2.42. The van der Waals surface area contributed by atoms with Gasteiger partial charge in [0, 0.05) is 43.9 Å². The van der Waals surface area contributed by atoms with Crippen molar-refractivity contribution < 1.29 is 19.5 Å². The molecule has 1 aliphatic carbocycles. The van der Waals surface area contributed by atoms with Gasteiger partial charge in [-0.05, 0) is 67.6 Å². The lowest BCUT2D eigenvalue weighted by Crippen LogP contribution is -2.52. The summed E-state index contributed by atoms with van der Waals surface area (Å²) >= 11 is 0. The minimum atomic E-state index is -0.567. The van der Waals surface area contributed by atoms with E-state index >= 15 is 0 Å². The fourth-order valence-electron chi connectivity index (χ4n) is 5.78. The second-order valence-corrected chi connectivity index (χ2v) is 9.54. The van der Waals surface area contributed by atoms with Crippen LogP contribution in [-0.4, -0.2) is 53.5 Å². The van der Waals surface area contributed by atoms with Crippen molar-refractivity contribution in [2.24, 2.45) is 11.3 Å². The molecule has 3 fully saturated rings. The van der Waals surface area contributed by atoms with Crippen molar-refractivity contribution in [3.63, 3.8) is 0 Å². The first kappa shape index (κ1) is 19.5. The molecule has 1 aromatic carbocycles. The molecule has 4 aliphatic rings. The third-order valence-electron chi connectivity index (χ3n) is 7.74. The fraction of sp³-hybridized carbons (Fsp3) is 0.609. The van der Waals surface area contributed by atoms with Crippen LogP contribution in [-0.2, 0) is 16.1 Å². The first-order chi connectivity index (χ1) is 14.5. The summed E-state index contributed by atoms with van der Waals surface area (Å²) in [5.41, 5.74) is 3.05. The first-order valence-electron chi connectivity index (χ1n) is 11.1. The molecule has 0 aromatic heterocycles. The Kier molecular flexibility index (Phi) is 4.81. The van der Waals surface area contributed by atoms with Crippen molar-refractivity contribution >= 4 is 23.4 Å². The van der Waals surface area contributed by atoms with Crippen LogP contribution in [0, 0.1) is 11.3 Å². The maximum absolute atomic E-state index is 13.1. The number of fused-ring (bicyclic) bond motifs is 1. The van der Waals surface area contributed by atoms with E-state index < -0.39 is 6.04 Å². The molecule has 1 unspecified atom stereocenters. The largest absolute Gasteiger partial charge is 0.396 e. The number of anilines is 1. The van der Waals surface area contributed by atoms with Crippen molar-refractivity contribution in [3.05, 3.63) is 29.3 Å². The van der Waals surface area contributed by atoms with Gasteiger partial charge in [-0.15, -0.1) is 0 Å². The summed E-state index contributed by atoms with van der Waals surface area (Å²) in [6.45, 7) is 2.73. The second-order valence-electron chi connectivity index (χ2n) is 9.54. The standard InChI is InChI=1S/C23H29N3O4/c27-13-15-5-7-23(8-6-15)9-10-25(14-23)17-2-1-16-12-26(22(30)18(16)11-17)19-3-4-20(28)24-21(19)29/h1-2,11,15,19,27H,3-10,12-14H2,(H,24,28,29). The molecule has 0 radical (unpaired) electrons. The van der Waals surface area contributed by atoms with Crippen LogP contribution in [0.15, 0.2) is 18.2 Å². The number of nitrogens with zero attached hydrogens (tertiary/aromatic N) is 2. The number of rotatable bonds is 3. The number of carbonyl (C=O) groups is 3. The number of hydrogen-bond acceptors (Lipinski definition) is 5. The summed E-state index contributed by atoms with van der Waals surface area (Å²) in [7, 11) is 0. The lowest BCUT2D eigenvalue weighted by Gasteiger charge is -2.36. The molecular formula is C23H29N3O4. The number of benzene rings is 1. The van der Waals surface area contributed by atoms with Crippen LogP contribution in [0.25, 0.3) is 0 Å². The van der Waals surface area contributed by atoms with Gasteiger partial charge in [0.2, 0.25) is 11.8 Å². The quantitative estimate of drug-likeness (QED) is 0.741. The lowest BCUT2D eigenvalue weighted by atomic mass is 9.70. The number of imide groups is 1. The molecule has 3 aliphatic heterocycles. The molecule has 7 heteroatoms. The highest BCUT2D eigenvalue weighted by atomic mass is 16.3. The number of amides is 3. The predicted octanol–water partition coefficient (Wildman–Crippen LogP) is 1.83. The molecular weight excluding hydrogens is 382 g/mol. The van der Waals surface area contributed by atoms with Gasteiger partial charge >= 0.3 is 0 Å². The Morgan fingerprint density at radius 2 is 1.90 bits per heavy atom.